The summed E-state index contributed by atoms with van der Waals surface area (Å²) < 4.78 is 10.00. The lowest BCUT2D eigenvalue weighted by Crippen LogP contribution is -2.26. The van der Waals surface area contributed by atoms with Gasteiger partial charge >= 0.3 is 11.9 Å². The van der Waals surface area contributed by atoms with E-state index in [0.29, 0.717) is 5.56 Å². The lowest BCUT2D eigenvalue weighted by molar-refractivity contribution is -0.156. The van der Waals surface area contributed by atoms with Crippen LogP contribution in [0.4, 0.5) is 0 Å². The Balaban J connectivity index is 2.41. The summed E-state index contributed by atoms with van der Waals surface area (Å²) in [5, 5.41) is 2.02. The fourth-order valence-electron chi connectivity index (χ4n) is 2.21. The Morgan fingerprint density at radius 1 is 0.905 bits per heavy atom. The van der Waals surface area contributed by atoms with E-state index in [1.807, 2.05) is 36.4 Å². The fourth-order valence-corrected chi connectivity index (χ4v) is 2.21. The molecule has 0 bridgehead atoms. The van der Waals surface area contributed by atoms with Gasteiger partial charge in [-0.05, 0) is 36.2 Å². The molecule has 0 aliphatic rings. The SMILES string of the molecule is CCOC(=O)C(C(=O)OCC)c1ccc2ccccc2c1. The van der Waals surface area contributed by atoms with Gasteiger partial charge in [0.25, 0.3) is 0 Å². The van der Waals surface area contributed by atoms with E-state index in [1.165, 1.54) is 0 Å². The van der Waals surface area contributed by atoms with Crippen LogP contribution in [0.5, 0.6) is 0 Å². The predicted molar refractivity (Wildman–Crippen MR) is 80.0 cm³/mol. The molecule has 0 atom stereocenters. The molecule has 4 nitrogen and oxygen atoms in total. The highest BCUT2D eigenvalue weighted by molar-refractivity contribution is 6.01. The van der Waals surface area contributed by atoms with E-state index in [9.17, 15) is 9.59 Å². The number of esters is 2. The van der Waals surface area contributed by atoms with Crippen molar-refractivity contribution >= 4 is 22.7 Å². The van der Waals surface area contributed by atoms with Gasteiger partial charge in [0.05, 0.1) is 13.2 Å². The van der Waals surface area contributed by atoms with Crippen molar-refractivity contribution in [2.45, 2.75) is 19.8 Å². The van der Waals surface area contributed by atoms with E-state index < -0.39 is 17.9 Å². The molecular weight excluding hydrogens is 268 g/mol. The van der Waals surface area contributed by atoms with Crippen LogP contribution in [0.2, 0.25) is 0 Å². The van der Waals surface area contributed by atoms with Crippen molar-refractivity contribution in [3.05, 3.63) is 48.0 Å². The van der Waals surface area contributed by atoms with Crippen LogP contribution in [0.3, 0.4) is 0 Å². The summed E-state index contributed by atoms with van der Waals surface area (Å²) in [4.78, 5) is 24.1. The summed E-state index contributed by atoms with van der Waals surface area (Å²) in [5.41, 5.74) is 0.589. The first kappa shape index (κ1) is 15.0. The molecule has 21 heavy (non-hydrogen) atoms. The number of hydrogen-bond donors (Lipinski definition) is 0. The van der Waals surface area contributed by atoms with Gasteiger partial charge in [0.1, 0.15) is 0 Å². The predicted octanol–water partition coefficient (Wildman–Crippen LogP) is 3.05. The Labute approximate surface area is 123 Å². The molecule has 110 valence electrons. The van der Waals surface area contributed by atoms with Crippen molar-refractivity contribution in [3.8, 4) is 0 Å². The first-order valence-electron chi connectivity index (χ1n) is 6.99. The molecule has 0 spiro atoms. The number of carbonyl (C=O) groups excluding carboxylic acids is 2. The summed E-state index contributed by atoms with van der Waals surface area (Å²) >= 11 is 0. The first-order chi connectivity index (χ1) is 10.2. The van der Waals surface area contributed by atoms with E-state index in [-0.39, 0.29) is 13.2 Å². The average molecular weight is 286 g/mol. The molecule has 2 aromatic rings. The number of carbonyl (C=O) groups is 2. The largest absolute Gasteiger partial charge is 0.465 e. The Morgan fingerprint density at radius 3 is 2.05 bits per heavy atom. The van der Waals surface area contributed by atoms with Gasteiger partial charge in [-0.1, -0.05) is 36.4 Å². The molecule has 0 fully saturated rings. The van der Waals surface area contributed by atoms with E-state index >= 15 is 0 Å². The van der Waals surface area contributed by atoms with Crippen molar-refractivity contribution in [3.63, 3.8) is 0 Å². The molecule has 0 heterocycles. The molecule has 0 amide bonds. The Morgan fingerprint density at radius 2 is 1.48 bits per heavy atom. The number of hydrogen-bond acceptors (Lipinski definition) is 4. The molecule has 2 aromatic carbocycles. The van der Waals surface area contributed by atoms with E-state index in [1.54, 1.807) is 19.9 Å². The third kappa shape index (κ3) is 3.40. The molecule has 0 unspecified atom stereocenters. The molecular formula is C17H18O4. The van der Waals surface area contributed by atoms with Gasteiger partial charge in [-0.15, -0.1) is 0 Å². The third-order valence-electron chi connectivity index (χ3n) is 3.15. The van der Waals surface area contributed by atoms with E-state index in [4.69, 9.17) is 9.47 Å². The zero-order valence-electron chi connectivity index (χ0n) is 12.2. The van der Waals surface area contributed by atoms with Crippen LogP contribution in [0.1, 0.15) is 25.3 Å². The van der Waals surface area contributed by atoms with Crippen LogP contribution < -0.4 is 0 Å². The summed E-state index contributed by atoms with van der Waals surface area (Å²) in [6, 6.07) is 13.2. The highest BCUT2D eigenvalue weighted by Gasteiger charge is 2.31. The normalized spacial score (nSPS) is 10.6. The second-order valence-corrected chi connectivity index (χ2v) is 4.54. The number of fused-ring (bicyclic) bond motifs is 1. The molecule has 0 aromatic heterocycles. The summed E-state index contributed by atoms with van der Waals surface area (Å²) in [6.07, 6.45) is 0. The van der Waals surface area contributed by atoms with Gasteiger partial charge in [0.2, 0.25) is 0 Å². The van der Waals surface area contributed by atoms with Crippen molar-refractivity contribution in [2.24, 2.45) is 0 Å². The minimum atomic E-state index is -1.03. The average Bonchev–Trinajstić information content (AvgIpc) is 2.48. The van der Waals surface area contributed by atoms with Crippen molar-refractivity contribution < 1.29 is 19.1 Å². The van der Waals surface area contributed by atoms with Crippen LogP contribution >= 0.6 is 0 Å². The quantitative estimate of drug-likeness (QED) is 0.626. The molecule has 0 saturated carbocycles. The third-order valence-corrected chi connectivity index (χ3v) is 3.15. The standard InChI is InChI=1S/C17H18O4/c1-3-20-16(18)15(17(19)21-4-2)14-10-9-12-7-5-6-8-13(12)11-14/h5-11,15H,3-4H2,1-2H3. The number of ether oxygens (including phenoxy) is 2. The summed E-state index contributed by atoms with van der Waals surface area (Å²) in [6.45, 7) is 3.87. The van der Waals surface area contributed by atoms with Gasteiger partial charge < -0.3 is 9.47 Å². The number of benzene rings is 2. The monoisotopic (exact) mass is 286 g/mol. The maximum atomic E-state index is 12.1. The van der Waals surface area contributed by atoms with Gasteiger partial charge in [-0.3, -0.25) is 9.59 Å². The zero-order valence-corrected chi connectivity index (χ0v) is 12.2. The van der Waals surface area contributed by atoms with Gasteiger partial charge in [0, 0.05) is 0 Å². The second kappa shape index (κ2) is 6.88. The number of rotatable bonds is 5. The minimum absolute atomic E-state index is 0.225. The molecule has 0 aliphatic carbocycles. The van der Waals surface area contributed by atoms with Gasteiger partial charge in [-0.2, -0.15) is 0 Å². The molecule has 0 radical (unpaired) electrons. The molecule has 2 rings (SSSR count). The molecule has 0 saturated heterocycles. The first-order valence-corrected chi connectivity index (χ1v) is 6.99. The van der Waals surface area contributed by atoms with Crippen LogP contribution in [0.25, 0.3) is 10.8 Å². The Kier molecular flexibility index (Phi) is 4.93. The van der Waals surface area contributed by atoms with Crippen LogP contribution in [-0.2, 0) is 19.1 Å². The van der Waals surface area contributed by atoms with Gasteiger partial charge in [-0.25, -0.2) is 0 Å². The highest BCUT2D eigenvalue weighted by Crippen LogP contribution is 2.24. The molecule has 0 aliphatic heterocycles. The summed E-state index contributed by atoms with van der Waals surface area (Å²) in [5.74, 6) is -2.19. The van der Waals surface area contributed by atoms with Crippen LogP contribution in [0, 0.1) is 0 Å². The smallest absolute Gasteiger partial charge is 0.324 e. The maximum absolute atomic E-state index is 12.1. The van der Waals surface area contributed by atoms with Crippen LogP contribution in [-0.4, -0.2) is 25.2 Å². The van der Waals surface area contributed by atoms with Crippen molar-refractivity contribution in [1.82, 2.24) is 0 Å². The van der Waals surface area contributed by atoms with Crippen molar-refractivity contribution in [2.75, 3.05) is 13.2 Å². The van der Waals surface area contributed by atoms with Gasteiger partial charge in [0.15, 0.2) is 5.92 Å². The van der Waals surface area contributed by atoms with E-state index in [0.717, 1.165) is 10.8 Å². The molecule has 0 N–H and O–H groups in total. The minimum Gasteiger partial charge on any atom is -0.465 e. The lowest BCUT2D eigenvalue weighted by atomic mass is 9.96. The maximum Gasteiger partial charge on any atom is 0.324 e. The second-order valence-electron chi connectivity index (χ2n) is 4.54. The van der Waals surface area contributed by atoms with E-state index in [2.05, 4.69) is 0 Å². The summed E-state index contributed by atoms with van der Waals surface area (Å²) in [7, 11) is 0. The zero-order chi connectivity index (χ0) is 15.2. The highest BCUT2D eigenvalue weighted by atomic mass is 16.6. The van der Waals surface area contributed by atoms with Crippen molar-refractivity contribution in [1.29, 1.82) is 0 Å². The fraction of sp³-hybridized carbons (Fsp3) is 0.294. The Hall–Kier alpha value is -2.36. The topological polar surface area (TPSA) is 52.6 Å². The Bertz CT molecular complexity index is 630. The lowest BCUT2D eigenvalue weighted by Gasteiger charge is -2.15. The molecule has 4 heteroatoms. The van der Waals surface area contributed by atoms with Crippen LogP contribution in [0.15, 0.2) is 42.5 Å².